The molecule has 28 heavy (non-hydrogen) atoms. The van der Waals surface area contributed by atoms with Crippen LogP contribution in [0.5, 0.6) is 11.5 Å². The maximum absolute atomic E-state index is 13.4. The summed E-state index contributed by atoms with van der Waals surface area (Å²) in [6.45, 7) is 2.08. The van der Waals surface area contributed by atoms with E-state index in [1.807, 2.05) is 37.3 Å². The van der Waals surface area contributed by atoms with Crippen LogP contribution in [-0.4, -0.2) is 22.6 Å². The lowest BCUT2D eigenvalue weighted by atomic mass is 10.1. The Hall–Kier alpha value is -2.99. The second kappa shape index (κ2) is 8.35. The predicted molar refractivity (Wildman–Crippen MR) is 111 cm³/mol. The van der Waals surface area contributed by atoms with E-state index in [1.54, 1.807) is 56.7 Å². The van der Waals surface area contributed by atoms with Gasteiger partial charge in [0, 0.05) is 6.07 Å². The molecule has 146 valence electrons. The average Bonchev–Trinajstić information content (AvgIpc) is 2.72. The summed E-state index contributed by atoms with van der Waals surface area (Å²) in [6.07, 6.45) is 0. The molecule has 0 N–H and O–H groups in total. The normalized spacial score (nSPS) is 11.1. The van der Waals surface area contributed by atoms with Crippen LogP contribution in [0, 0.1) is 6.92 Å². The molecular weight excluding hydrogens is 374 g/mol. The SMILES string of the molecule is COc1cc(CN(c2cccc(C)c2)S(=O)(=O)c2ccccc2)cc(OC)c1. The summed E-state index contributed by atoms with van der Waals surface area (Å²) >= 11 is 0. The van der Waals surface area contributed by atoms with Gasteiger partial charge < -0.3 is 9.47 Å². The van der Waals surface area contributed by atoms with Crippen molar-refractivity contribution in [2.24, 2.45) is 0 Å². The van der Waals surface area contributed by atoms with Gasteiger partial charge in [0.05, 0.1) is 31.3 Å². The highest BCUT2D eigenvalue weighted by Gasteiger charge is 2.25. The lowest BCUT2D eigenvalue weighted by molar-refractivity contribution is 0.393. The van der Waals surface area contributed by atoms with Crippen LogP contribution in [0.1, 0.15) is 11.1 Å². The molecule has 0 fully saturated rings. The van der Waals surface area contributed by atoms with Crippen LogP contribution in [0.3, 0.4) is 0 Å². The first-order valence-corrected chi connectivity index (χ1v) is 10.2. The van der Waals surface area contributed by atoms with E-state index < -0.39 is 10.0 Å². The number of hydrogen-bond donors (Lipinski definition) is 0. The molecule has 0 saturated heterocycles. The van der Waals surface area contributed by atoms with Crippen molar-refractivity contribution in [3.8, 4) is 11.5 Å². The Balaban J connectivity index is 2.10. The molecule has 0 aromatic heterocycles. The average molecular weight is 397 g/mol. The van der Waals surface area contributed by atoms with Crippen molar-refractivity contribution in [3.63, 3.8) is 0 Å². The minimum atomic E-state index is -3.76. The molecule has 0 atom stereocenters. The molecule has 5 nitrogen and oxygen atoms in total. The monoisotopic (exact) mass is 397 g/mol. The number of hydrogen-bond acceptors (Lipinski definition) is 4. The fourth-order valence-corrected chi connectivity index (χ4v) is 4.41. The van der Waals surface area contributed by atoms with E-state index in [0.717, 1.165) is 11.1 Å². The van der Waals surface area contributed by atoms with E-state index in [2.05, 4.69) is 0 Å². The van der Waals surface area contributed by atoms with Gasteiger partial charge in [-0.1, -0.05) is 30.3 Å². The standard InChI is InChI=1S/C22H23NO4S/c1-17-8-7-9-19(12-17)23(28(24,25)22-10-5-4-6-11-22)16-18-13-20(26-2)15-21(14-18)27-3/h4-15H,16H2,1-3H3. The molecule has 0 bridgehead atoms. The van der Waals surface area contributed by atoms with E-state index in [-0.39, 0.29) is 11.4 Å². The van der Waals surface area contributed by atoms with Gasteiger partial charge in [0.25, 0.3) is 10.0 Å². The Bertz CT molecular complexity index is 1030. The molecule has 6 heteroatoms. The zero-order chi connectivity index (χ0) is 20.1. The smallest absolute Gasteiger partial charge is 0.264 e. The second-order valence-electron chi connectivity index (χ2n) is 6.38. The molecule has 0 aliphatic heterocycles. The lowest BCUT2D eigenvalue weighted by Gasteiger charge is -2.25. The molecule has 3 rings (SSSR count). The first-order valence-electron chi connectivity index (χ1n) is 8.80. The third-order valence-electron chi connectivity index (χ3n) is 4.36. The van der Waals surface area contributed by atoms with Gasteiger partial charge in [-0.25, -0.2) is 8.42 Å². The minimum absolute atomic E-state index is 0.147. The summed E-state index contributed by atoms with van der Waals surface area (Å²) in [5, 5.41) is 0. The molecule has 3 aromatic carbocycles. The van der Waals surface area contributed by atoms with Crippen LogP contribution >= 0.6 is 0 Å². The van der Waals surface area contributed by atoms with Crippen molar-refractivity contribution >= 4 is 15.7 Å². The quantitative estimate of drug-likeness (QED) is 0.593. The summed E-state index contributed by atoms with van der Waals surface area (Å²) in [4.78, 5) is 0.242. The van der Waals surface area contributed by atoms with Gasteiger partial charge >= 0.3 is 0 Å². The van der Waals surface area contributed by atoms with Crippen molar-refractivity contribution in [2.75, 3.05) is 18.5 Å². The van der Waals surface area contributed by atoms with Gasteiger partial charge in [-0.05, 0) is 54.4 Å². The molecule has 0 radical (unpaired) electrons. The predicted octanol–water partition coefficient (Wildman–Crippen LogP) is 4.41. The molecule has 3 aromatic rings. The molecule has 0 aliphatic rings. The summed E-state index contributed by atoms with van der Waals surface area (Å²) < 4.78 is 38.9. The number of anilines is 1. The molecule has 0 amide bonds. The third kappa shape index (κ3) is 4.28. The summed E-state index contributed by atoms with van der Waals surface area (Å²) in [6, 6.07) is 21.3. The molecule has 0 aliphatic carbocycles. The largest absolute Gasteiger partial charge is 0.497 e. The van der Waals surface area contributed by atoms with Gasteiger partial charge in [0.2, 0.25) is 0 Å². The second-order valence-corrected chi connectivity index (χ2v) is 8.25. The molecule has 0 unspecified atom stereocenters. The topological polar surface area (TPSA) is 55.8 Å². The van der Waals surface area contributed by atoms with E-state index in [9.17, 15) is 8.42 Å². The number of rotatable bonds is 7. The summed E-state index contributed by atoms with van der Waals surface area (Å²) in [5.74, 6) is 1.21. The van der Waals surface area contributed by atoms with E-state index in [1.165, 1.54) is 4.31 Å². The highest BCUT2D eigenvalue weighted by molar-refractivity contribution is 7.92. The summed E-state index contributed by atoms with van der Waals surface area (Å²) in [7, 11) is -0.622. The van der Waals surface area contributed by atoms with Gasteiger partial charge in [-0.3, -0.25) is 4.31 Å². The number of sulfonamides is 1. The van der Waals surface area contributed by atoms with Crippen LogP contribution in [-0.2, 0) is 16.6 Å². The minimum Gasteiger partial charge on any atom is -0.497 e. The van der Waals surface area contributed by atoms with Crippen molar-refractivity contribution in [1.29, 1.82) is 0 Å². The number of nitrogens with zero attached hydrogens (tertiary/aromatic N) is 1. The van der Waals surface area contributed by atoms with Gasteiger partial charge in [-0.15, -0.1) is 0 Å². The van der Waals surface area contributed by atoms with Crippen molar-refractivity contribution in [2.45, 2.75) is 18.4 Å². The Morgan fingerprint density at radius 3 is 2.04 bits per heavy atom. The van der Waals surface area contributed by atoms with Crippen LogP contribution in [0.25, 0.3) is 0 Å². The lowest BCUT2D eigenvalue weighted by Crippen LogP contribution is -2.30. The fourth-order valence-electron chi connectivity index (χ4n) is 2.94. The van der Waals surface area contributed by atoms with Crippen molar-refractivity contribution in [1.82, 2.24) is 0 Å². The Labute approximate surface area is 166 Å². The van der Waals surface area contributed by atoms with Crippen molar-refractivity contribution in [3.05, 3.63) is 83.9 Å². The fraction of sp³-hybridized carbons (Fsp3) is 0.182. The Kier molecular flexibility index (Phi) is 5.90. The number of ether oxygens (including phenoxy) is 2. The summed E-state index contributed by atoms with van der Waals surface area (Å²) in [5.41, 5.74) is 2.34. The van der Waals surface area contributed by atoms with Gasteiger partial charge in [0.1, 0.15) is 11.5 Å². The van der Waals surface area contributed by atoms with Crippen LogP contribution in [0.4, 0.5) is 5.69 Å². The maximum atomic E-state index is 13.4. The first-order chi connectivity index (χ1) is 13.4. The molecule has 0 heterocycles. The number of benzene rings is 3. The van der Waals surface area contributed by atoms with Gasteiger partial charge in [0.15, 0.2) is 0 Å². The molecular formula is C22H23NO4S. The third-order valence-corrected chi connectivity index (χ3v) is 6.15. The number of aryl methyl sites for hydroxylation is 1. The zero-order valence-corrected chi connectivity index (χ0v) is 16.9. The highest BCUT2D eigenvalue weighted by Crippen LogP contribution is 2.29. The Morgan fingerprint density at radius 2 is 1.46 bits per heavy atom. The zero-order valence-electron chi connectivity index (χ0n) is 16.1. The molecule has 0 saturated carbocycles. The van der Waals surface area contributed by atoms with E-state index in [0.29, 0.717) is 17.2 Å². The van der Waals surface area contributed by atoms with Crippen molar-refractivity contribution < 1.29 is 17.9 Å². The van der Waals surface area contributed by atoms with Gasteiger partial charge in [-0.2, -0.15) is 0 Å². The molecule has 0 spiro atoms. The van der Waals surface area contributed by atoms with Crippen LogP contribution < -0.4 is 13.8 Å². The Morgan fingerprint density at radius 1 is 0.821 bits per heavy atom. The maximum Gasteiger partial charge on any atom is 0.264 e. The highest BCUT2D eigenvalue weighted by atomic mass is 32.2. The van der Waals surface area contributed by atoms with Crippen LogP contribution in [0.2, 0.25) is 0 Å². The van der Waals surface area contributed by atoms with E-state index >= 15 is 0 Å². The van der Waals surface area contributed by atoms with Crippen LogP contribution in [0.15, 0.2) is 77.7 Å². The van der Waals surface area contributed by atoms with E-state index in [4.69, 9.17) is 9.47 Å². The first kappa shape index (κ1) is 19.8. The number of methoxy groups -OCH3 is 2.